The minimum atomic E-state index is -4.31. The van der Waals surface area contributed by atoms with Crippen LogP contribution in [0.5, 0.6) is 5.75 Å². The van der Waals surface area contributed by atoms with Crippen LogP contribution in [0.2, 0.25) is 0 Å². The molecule has 6 nitrogen and oxygen atoms in total. The van der Waals surface area contributed by atoms with Gasteiger partial charge in [-0.3, -0.25) is 10.1 Å². The molecule has 0 radical (unpaired) electrons. The largest absolute Gasteiger partial charge is 0.379 e. The van der Waals surface area contributed by atoms with E-state index in [0.717, 1.165) is 18.2 Å². The molecule has 8 heteroatoms. The molecular weight excluding hydrogens is 313 g/mol. The summed E-state index contributed by atoms with van der Waals surface area (Å²) in [6.07, 6.45) is 0. The minimum absolute atomic E-state index is 0.205. The second-order valence-electron chi connectivity index (χ2n) is 4.64. The SMILES string of the molecule is Cc1cc([N+](=O)[O-])cc(S(=O)(=O)Oc2cccc(F)c2)c1C. The van der Waals surface area contributed by atoms with E-state index in [4.69, 9.17) is 4.18 Å². The lowest BCUT2D eigenvalue weighted by Gasteiger charge is -2.11. The topological polar surface area (TPSA) is 86.5 Å². The van der Waals surface area contributed by atoms with Crippen molar-refractivity contribution < 1.29 is 21.9 Å². The van der Waals surface area contributed by atoms with Crippen LogP contribution in [0.1, 0.15) is 11.1 Å². The highest BCUT2D eigenvalue weighted by molar-refractivity contribution is 7.87. The van der Waals surface area contributed by atoms with Crippen molar-refractivity contribution in [1.82, 2.24) is 0 Å². The van der Waals surface area contributed by atoms with Crippen LogP contribution in [0.3, 0.4) is 0 Å². The second kappa shape index (κ2) is 5.72. The number of non-ortho nitro benzene ring substituents is 1. The molecule has 0 amide bonds. The number of nitrogens with zero attached hydrogens (tertiary/aromatic N) is 1. The molecule has 0 spiro atoms. The predicted molar refractivity (Wildman–Crippen MR) is 76.8 cm³/mol. The van der Waals surface area contributed by atoms with Crippen LogP contribution in [-0.4, -0.2) is 13.3 Å². The monoisotopic (exact) mass is 325 g/mol. The third-order valence-corrected chi connectivity index (χ3v) is 4.46. The van der Waals surface area contributed by atoms with E-state index in [1.807, 2.05) is 0 Å². The average molecular weight is 325 g/mol. The summed E-state index contributed by atoms with van der Waals surface area (Å²) < 4.78 is 42.5. The standard InChI is InChI=1S/C14H12FNO5S/c1-9-6-12(16(17)18)8-14(10(9)2)22(19,20)21-13-5-3-4-11(15)7-13/h3-8H,1-2H3. The van der Waals surface area contributed by atoms with E-state index < -0.39 is 20.9 Å². The van der Waals surface area contributed by atoms with E-state index in [1.54, 1.807) is 6.92 Å². The molecular formula is C14H12FNO5S. The van der Waals surface area contributed by atoms with Crippen molar-refractivity contribution in [3.05, 3.63) is 63.5 Å². The van der Waals surface area contributed by atoms with Gasteiger partial charge in [0.15, 0.2) is 0 Å². The Bertz CT molecular complexity index is 848. The number of nitro benzene ring substituents is 1. The fourth-order valence-electron chi connectivity index (χ4n) is 1.86. The van der Waals surface area contributed by atoms with Gasteiger partial charge in [0.05, 0.1) is 4.92 Å². The predicted octanol–water partition coefficient (Wildman–Crippen LogP) is 3.12. The van der Waals surface area contributed by atoms with E-state index in [0.29, 0.717) is 11.1 Å². The van der Waals surface area contributed by atoms with Gasteiger partial charge in [-0.2, -0.15) is 8.42 Å². The number of rotatable bonds is 4. The summed E-state index contributed by atoms with van der Waals surface area (Å²) in [7, 11) is -4.31. The fourth-order valence-corrected chi connectivity index (χ4v) is 3.11. The Balaban J connectivity index is 2.51. The number of hydrogen-bond acceptors (Lipinski definition) is 5. The van der Waals surface area contributed by atoms with Gasteiger partial charge in [-0.1, -0.05) is 6.07 Å². The molecule has 2 rings (SSSR count). The van der Waals surface area contributed by atoms with Gasteiger partial charge in [-0.15, -0.1) is 0 Å². The Kier molecular flexibility index (Phi) is 4.14. The molecule has 0 atom stereocenters. The molecule has 2 aromatic rings. The van der Waals surface area contributed by atoms with Crippen LogP contribution in [0.4, 0.5) is 10.1 Å². The van der Waals surface area contributed by atoms with Gasteiger partial charge in [0.2, 0.25) is 0 Å². The first-order valence-electron chi connectivity index (χ1n) is 6.16. The van der Waals surface area contributed by atoms with Crippen LogP contribution in [-0.2, 0) is 10.1 Å². The zero-order valence-electron chi connectivity index (χ0n) is 11.7. The highest BCUT2D eigenvalue weighted by atomic mass is 32.2. The lowest BCUT2D eigenvalue weighted by atomic mass is 10.1. The highest BCUT2D eigenvalue weighted by Gasteiger charge is 2.24. The molecule has 0 aromatic heterocycles. The maximum absolute atomic E-state index is 13.1. The first-order chi connectivity index (χ1) is 10.2. The van der Waals surface area contributed by atoms with E-state index >= 15 is 0 Å². The van der Waals surface area contributed by atoms with Gasteiger partial charge >= 0.3 is 10.1 Å². The molecule has 0 aliphatic heterocycles. The molecule has 0 saturated heterocycles. The zero-order chi connectivity index (χ0) is 16.5. The van der Waals surface area contributed by atoms with E-state index in [2.05, 4.69) is 0 Å². The average Bonchev–Trinajstić information content (AvgIpc) is 2.40. The number of benzene rings is 2. The Morgan fingerprint density at radius 1 is 1.18 bits per heavy atom. The summed E-state index contributed by atoms with van der Waals surface area (Å²) >= 11 is 0. The van der Waals surface area contributed by atoms with Crippen molar-refractivity contribution in [3.63, 3.8) is 0 Å². The quantitative estimate of drug-likeness (QED) is 0.490. The van der Waals surface area contributed by atoms with Crippen LogP contribution < -0.4 is 4.18 Å². The van der Waals surface area contributed by atoms with Gasteiger partial charge in [0.25, 0.3) is 5.69 Å². The third kappa shape index (κ3) is 3.22. The Labute approximate surface area is 126 Å². The lowest BCUT2D eigenvalue weighted by Crippen LogP contribution is -2.12. The molecule has 22 heavy (non-hydrogen) atoms. The summed E-state index contributed by atoms with van der Waals surface area (Å²) in [4.78, 5) is 9.86. The van der Waals surface area contributed by atoms with Crippen molar-refractivity contribution in [2.24, 2.45) is 0 Å². The number of hydrogen-bond donors (Lipinski definition) is 0. The Morgan fingerprint density at radius 2 is 1.86 bits per heavy atom. The first-order valence-corrected chi connectivity index (χ1v) is 7.57. The fraction of sp³-hybridized carbons (Fsp3) is 0.143. The van der Waals surface area contributed by atoms with Gasteiger partial charge in [-0.25, -0.2) is 4.39 Å². The van der Waals surface area contributed by atoms with E-state index in [1.165, 1.54) is 25.1 Å². The molecule has 0 saturated carbocycles. The summed E-state index contributed by atoms with van der Waals surface area (Å²) in [5, 5.41) is 10.9. The van der Waals surface area contributed by atoms with Crippen molar-refractivity contribution in [2.75, 3.05) is 0 Å². The zero-order valence-corrected chi connectivity index (χ0v) is 12.6. The summed E-state index contributed by atoms with van der Waals surface area (Å²) in [6, 6.07) is 6.83. The van der Waals surface area contributed by atoms with E-state index in [-0.39, 0.29) is 16.3 Å². The second-order valence-corrected chi connectivity index (χ2v) is 6.15. The smallest absolute Gasteiger partial charge is 0.339 e. The van der Waals surface area contributed by atoms with Crippen molar-refractivity contribution in [1.29, 1.82) is 0 Å². The van der Waals surface area contributed by atoms with Crippen LogP contribution in [0, 0.1) is 29.8 Å². The Morgan fingerprint density at radius 3 is 2.45 bits per heavy atom. The third-order valence-electron chi connectivity index (χ3n) is 3.09. The summed E-state index contributed by atoms with van der Waals surface area (Å²) in [5.41, 5.74) is 0.419. The van der Waals surface area contributed by atoms with Crippen LogP contribution in [0.15, 0.2) is 41.3 Å². The van der Waals surface area contributed by atoms with Gasteiger partial charge in [-0.05, 0) is 37.1 Å². The first kappa shape index (κ1) is 15.9. The molecule has 0 fully saturated rings. The van der Waals surface area contributed by atoms with Gasteiger partial charge < -0.3 is 4.18 Å². The molecule has 0 heterocycles. The molecule has 0 N–H and O–H groups in total. The number of aryl methyl sites for hydroxylation is 1. The Hall–Kier alpha value is -2.48. The molecule has 0 unspecified atom stereocenters. The van der Waals surface area contributed by atoms with Gasteiger partial charge in [0.1, 0.15) is 16.5 Å². The van der Waals surface area contributed by atoms with Crippen molar-refractivity contribution >= 4 is 15.8 Å². The maximum Gasteiger partial charge on any atom is 0.339 e. The van der Waals surface area contributed by atoms with Crippen LogP contribution >= 0.6 is 0 Å². The molecule has 0 bridgehead atoms. The minimum Gasteiger partial charge on any atom is -0.379 e. The van der Waals surface area contributed by atoms with Gasteiger partial charge in [0, 0.05) is 18.2 Å². The molecule has 0 aliphatic carbocycles. The normalized spacial score (nSPS) is 11.2. The van der Waals surface area contributed by atoms with Crippen molar-refractivity contribution in [3.8, 4) is 5.75 Å². The number of halogens is 1. The molecule has 116 valence electrons. The van der Waals surface area contributed by atoms with Crippen LogP contribution in [0.25, 0.3) is 0 Å². The highest BCUT2D eigenvalue weighted by Crippen LogP contribution is 2.28. The molecule has 0 aliphatic rings. The molecule has 2 aromatic carbocycles. The summed E-state index contributed by atoms with van der Waals surface area (Å²) in [6.45, 7) is 3.07. The maximum atomic E-state index is 13.1. The van der Waals surface area contributed by atoms with E-state index in [9.17, 15) is 22.9 Å². The lowest BCUT2D eigenvalue weighted by molar-refractivity contribution is -0.385. The summed E-state index contributed by atoms with van der Waals surface area (Å²) in [5.74, 6) is -0.858. The number of nitro groups is 1. The van der Waals surface area contributed by atoms with Crippen molar-refractivity contribution in [2.45, 2.75) is 18.7 Å².